The van der Waals surface area contributed by atoms with E-state index in [9.17, 15) is 9.90 Å². The Labute approximate surface area is 166 Å². The second kappa shape index (κ2) is 9.75. The second-order valence-corrected chi connectivity index (χ2v) is 6.96. The lowest BCUT2D eigenvalue weighted by Crippen LogP contribution is -2.29. The zero-order valence-electron chi connectivity index (χ0n) is 16.2. The normalized spacial score (nSPS) is 11.8. The SMILES string of the molecule is CCCCc1ccc(CC(Oc2ccc(-c3ccccc3)cc2)C(=O)O)cc1. The average Bonchev–Trinajstić information content (AvgIpc) is 2.74. The molecule has 3 aromatic carbocycles. The number of aliphatic carboxylic acids is 1. The first-order valence-electron chi connectivity index (χ1n) is 9.78. The third-order valence-electron chi connectivity index (χ3n) is 4.78. The van der Waals surface area contributed by atoms with Gasteiger partial charge in [0.15, 0.2) is 6.10 Å². The van der Waals surface area contributed by atoms with E-state index in [1.165, 1.54) is 18.4 Å². The summed E-state index contributed by atoms with van der Waals surface area (Å²) in [6.45, 7) is 2.18. The number of carboxylic acids is 1. The number of hydrogen-bond acceptors (Lipinski definition) is 2. The zero-order valence-corrected chi connectivity index (χ0v) is 16.2. The van der Waals surface area contributed by atoms with E-state index in [-0.39, 0.29) is 0 Å². The van der Waals surface area contributed by atoms with Gasteiger partial charge in [-0.2, -0.15) is 0 Å². The first-order chi connectivity index (χ1) is 13.7. The standard InChI is InChI=1S/C25H26O3/c1-2-3-7-19-10-12-20(13-11-19)18-24(25(26)27)28-23-16-14-22(15-17-23)21-8-5-4-6-9-21/h4-6,8-17,24H,2-3,7,18H2,1H3,(H,26,27). The van der Waals surface area contributed by atoms with Crippen LogP contribution in [0.2, 0.25) is 0 Å². The summed E-state index contributed by atoms with van der Waals surface area (Å²) in [6, 6.07) is 25.8. The molecule has 3 aromatic rings. The Bertz CT molecular complexity index is 868. The van der Waals surface area contributed by atoms with Gasteiger partial charge in [-0.1, -0.05) is 80.1 Å². The van der Waals surface area contributed by atoms with Crippen molar-refractivity contribution >= 4 is 5.97 Å². The minimum absolute atomic E-state index is 0.337. The van der Waals surface area contributed by atoms with E-state index in [1.54, 1.807) is 0 Å². The Kier molecular flexibility index (Phi) is 6.85. The molecule has 1 N–H and O–H groups in total. The minimum Gasteiger partial charge on any atom is -0.478 e. The maximum Gasteiger partial charge on any atom is 0.345 e. The number of unbranched alkanes of at least 4 members (excludes halogenated alkanes) is 1. The van der Waals surface area contributed by atoms with Gasteiger partial charge in [-0.3, -0.25) is 0 Å². The number of aryl methyl sites for hydroxylation is 1. The van der Waals surface area contributed by atoms with Crippen LogP contribution >= 0.6 is 0 Å². The number of ether oxygens (including phenoxy) is 1. The summed E-state index contributed by atoms with van der Waals surface area (Å²) in [5.74, 6) is -0.395. The number of benzene rings is 3. The molecule has 0 spiro atoms. The maximum absolute atomic E-state index is 11.7. The molecule has 144 valence electrons. The van der Waals surface area contributed by atoms with Crippen molar-refractivity contribution in [1.82, 2.24) is 0 Å². The Morgan fingerprint density at radius 1 is 0.857 bits per heavy atom. The van der Waals surface area contributed by atoms with E-state index < -0.39 is 12.1 Å². The quantitative estimate of drug-likeness (QED) is 0.517. The van der Waals surface area contributed by atoms with Crippen molar-refractivity contribution in [2.24, 2.45) is 0 Å². The maximum atomic E-state index is 11.7. The lowest BCUT2D eigenvalue weighted by atomic mass is 10.0. The minimum atomic E-state index is -0.956. The van der Waals surface area contributed by atoms with Crippen molar-refractivity contribution in [1.29, 1.82) is 0 Å². The van der Waals surface area contributed by atoms with Crippen molar-refractivity contribution in [2.75, 3.05) is 0 Å². The van der Waals surface area contributed by atoms with Crippen molar-refractivity contribution < 1.29 is 14.6 Å². The smallest absolute Gasteiger partial charge is 0.345 e. The second-order valence-electron chi connectivity index (χ2n) is 6.96. The summed E-state index contributed by atoms with van der Waals surface area (Å²) in [6.07, 6.45) is 2.82. The van der Waals surface area contributed by atoms with E-state index >= 15 is 0 Å². The molecular formula is C25H26O3. The van der Waals surface area contributed by atoms with Gasteiger partial charge in [-0.05, 0) is 47.2 Å². The fraction of sp³-hybridized carbons (Fsp3) is 0.240. The summed E-state index contributed by atoms with van der Waals surface area (Å²) in [5, 5.41) is 9.57. The van der Waals surface area contributed by atoms with E-state index in [0.717, 1.165) is 23.1 Å². The topological polar surface area (TPSA) is 46.5 Å². The molecule has 1 atom stereocenters. The van der Waals surface area contributed by atoms with Gasteiger partial charge in [0.25, 0.3) is 0 Å². The molecule has 28 heavy (non-hydrogen) atoms. The first-order valence-corrected chi connectivity index (χ1v) is 9.78. The lowest BCUT2D eigenvalue weighted by molar-refractivity contribution is -0.145. The predicted molar refractivity (Wildman–Crippen MR) is 113 cm³/mol. The van der Waals surface area contributed by atoms with Crippen LogP contribution in [0.1, 0.15) is 30.9 Å². The van der Waals surface area contributed by atoms with Gasteiger partial charge in [-0.25, -0.2) is 4.79 Å². The van der Waals surface area contributed by atoms with Crippen LogP contribution in [0.3, 0.4) is 0 Å². The molecule has 0 amide bonds. The summed E-state index contributed by atoms with van der Waals surface area (Å²) >= 11 is 0. The highest BCUT2D eigenvalue weighted by Gasteiger charge is 2.20. The van der Waals surface area contributed by atoms with E-state index in [0.29, 0.717) is 12.2 Å². The molecule has 1 unspecified atom stereocenters. The van der Waals surface area contributed by atoms with Gasteiger partial charge >= 0.3 is 5.97 Å². The molecule has 0 saturated heterocycles. The summed E-state index contributed by atoms with van der Waals surface area (Å²) in [5.41, 5.74) is 4.44. The average molecular weight is 374 g/mol. The molecule has 0 radical (unpaired) electrons. The molecule has 3 heteroatoms. The van der Waals surface area contributed by atoms with Crippen LogP contribution in [-0.2, 0) is 17.6 Å². The van der Waals surface area contributed by atoms with Gasteiger partial charge in [0.1, 0.15) is 5.75 Å². The first kappa shape index (κ1) is 19.7. The Morgan fingerprint density at radius 3 is 2.07 bits per heavy atom. The fourth-order valence-electron chi connectivity index (χ4n) is 3.14. The molecule has 0 fully saturated rings. The number of carboxylic acid groups (broad SMARTS) is 1. The lowest BCUT2D eigenvalue weighted by Gasteiger charge is -2.16. The van der Waals surface area contributed by atoms with Crippen molar-refractivity contribution in [3.8, 4) is 16.9 Å². The zero-order chi connectivity index (χ0) is 19.8. The highest BCUT2D eigenvalue weighted by atomic mass is 16.5. The molecule has 0 aromatic heterocycles. The molecular weight excluding hydrogens is 348 g/mol. The Balaban J connectivity index is 1.65. The van der Waals surface area contributed by atoms with Gasteiger partial charge in [0.05, 0.1) is 0 Å². The number of carbonyl (C=O) groups is 1. The molecule has 0 saturated carbocycles. The van der Waals surface area contributed by atoms with E-state index in [2.05, 4.69) is 19.1 Å². The van der Waals surface area contributed by atoms with Gasteiger partial charge in [-0.15, -0.1) is 0 Å². The monoisotopic (exact) mass is 374 g/mol. The Hall–Kier alpha value is -3.07. The van der Waals surface area contributed by atoms with Gasteiger partial charge in [0, 0.05) is 6.42 Å². The molecule has 0 aliphatic heterocycles. The molecule has 0 bridgehead atoms. The molecule has 3 rings (SSSR count). The van der Waals surface area contributed by atoms with E-state index in [1.807, 2.05) is 66.7 Å². The van der Waals surface area contributed by atoms with Crippen LogP contribution in [0.25, 0.3) is 11.1 Å². The molecule has 0 aliphatic rings. The predicted octanol–water partition coefficient (Wildman–Crippen LogP) is 5.77. The van der Waals surface area contributed by atoms with E-state index in [4.69, 9.17) is 4.74 Å². The van der Waals surface area contributed by atoms with Crippen LogP contribution < -0.4 is 4.74 Å². The number of rotatable bonds is 9. The highest BCUT2D eigenvalue weighted by molar-refractivity contribution is 5.73. The van der Waals surface area contributed by atoms with Crippen LogP contribution in [0.5, 0.6) is 5.75 Å². The van der Waals surface area contributed by atoms with Crippen LogP contribution in [0, 0.1) is 0 Å². The van der Waals surface area contributed by atoms with Crippen LogP contribution in [0.4, 0.5) is 0 Å². The molecule has 3 nitrogen and oxygen atoms in total. The third kappa shape index (κ3) is 5.46. The van der Waals surface area contributed by atoms with Crippen molar-refractivity contribution in [2.45, 2.75) is 38.7 Å². The Morgan fingerprint density at radius 2 is 1.46 bits per heavy atom. The third-order valence-corrected chi connectivity index (χ3v) is 4.78. The van der Waals surface area contributed by atoms with Crippen LogP contribution in [0.15, 0.2) is 78.9 Å². The molecule has 0 aliphatic carbocycles. The number of hydrogen-bond donors (Lipinski definition) is 1. The molecule has 0 heterocycles. The van der Waals surface area contributed by atoms with Crippen LogP contribution in [-0.4, -0.2) is 17.2 Å². The summed E-state index contributed by atoms with van der Waals surface area (Å²) < 4.78 is 5.77. The summed E-state index contributed by atoms with van der Waals surface area (Å²) in [7, 11) is 0. The van der Waals surface area contributed by atoms with Crippen molar-refractivity contribution in [3.05, 3.63) is 90.0 Å². The van der Waals surface area contributed by atoms with Gasteiger partial charge in [0.2, 0.25) is 0 Å². The highest BCUT2D eigenvalue weighted by Crippen LogP contribution is 2.23. The largest absolute Gasteiger partial charge is 0.478 e. The summed E-state index contributed by atoms with van der Waals surface area (Å²) in [4.78, 5) is 11.7. The van der Waals surface area contributed by atoms with Crippen molar-refractivity contribution in [3.63, 3.8) is 0 Å². The van der Waals surface area contributed by atoms with Gasteiger partial charge < -0.3 is 9.84 Å². The fourth-order valence-corrected chi connectivity index (χ4v) is 3.14.